The lowest BCUT2D eigenvalue weighted by molar-refractivity contribution is -0.140. The fraction of sp³-hybridized carbons (Fsp3) is 0.500. The van der Waals surface area contributed by atoms with Crippen LogP contribution in [0.1, 0.15) is 43.9 Å². The topological polar surface area (TPSA) is 118 Å². The summed E-state index contributed by atoms with van der Waals surface area (Å²) >= 11 is 6.21. The van der Waals surface area contributed by atoms with Crippen molar-refractivity contribution in [2.45, 2.75) is 51.2 Å². The number of rotatable bonds is 12. The maximum Gasteiger partial charge on any atom is 0.305 e. The van der Waals surface area contributed by atoms with Gasteiger partial charge in [0.2, 0.25) is 0 Å². The molecule has 1 aliphatic rings. The number of ether oxygens (including phenoxy) is 1. The molecule has 2 N–H and O–H groups in total. The van der Waals surface area contributed by atoms with Gasteiger partial charge in [0.1, 0.15) is 0 Å². The first kappa shape index (κ1) is 25.9. The van der Waals surface area contributed by atoms with Gasteiger partial charge in [-0.25, -0.2) is 0 Å². The summed E-state index contributed by atoms with van der Waals surface area (Å²) in [6.45, 7) is 2.79. The van der Waals surface area contributed by atoms with Gasteiger partial charge in [0.15, 0.2) is 5.60 Å². The van der Waals surface area contributed by atoms with Crippen LogP contribution in [0.2, 0.25) is 5.02 Å². The van der Waals surface area contributed by atoms with E-state index < -0.39 is 17.4 Å². The Morgan fingerprint density at radius 1 is 1.32 bits per heavy atom. The Labute approximate surface area is 204 Å². The third-order valence-electron chi connectivity index (χ3n) is 6.03. The molecule has 0 spiro atoms. The average molecular weight is 491 g/mol. The van der Waals surface area contributed by atoms with Gasteiger partial charge in [-0.2, -0.15) is 0 Å². The van der Waals surface area contributed by atoms with Gasteiger partial charge in [0.25, 0.3) is 5.91 Å². The maximum atomic E-state index is 13.4. The lowest BCUT2D eigenvalue weighted by Crippen LogP contribution is -2.44. The molecule has 10 heteroatoms. The summed E-state index contributed by atoms with van der Waals surface area (Å²) in [5.74, 6) is -1.19. The van der Waals surface area contributed by atoms with Crippen molar-refractivity contribution in [2.75, 3.05) is 25.2 Å². The monoisotopic (exact) mass is 490 g/mol. The SMILES string of the molecule is COC(=O)CCCCN1C(=O)[C@](O)([C@H](C)/C=C/CCn2cc(CCO)nn2)c2cc(Cl)ccc21. The van der Waals surface area contributed by atoms with Gasteiger partial charge in [-0.15, -0.1) is 5.10 Å². The van der Waals surface area contributed by atoms with Crippen LogP contribution in [0.15, 0.2) is 36.5 Å². The third-order valence-corrected chi connectivity index (χ3v) is 6.27. The molecule has 3 rings (SSSR count). The molecule has 0 fully saturated rings. The first-order valence-electron chi connectivity index (χ1n) is 11.4. The van der Waals surface area contributed by atoms with Crippen molar-refractivity contribution in [3.8, 4) is 0 Å². The molecule has 1 aromatic carbocycles. The van der Waals surface area contributed by atoms with E-state index in [-0.39, 0.29) is 19.0 Å². The normalized spacial score (nSPS) is 18.5. The number of carbonyl (C=O) groups excluding carboxylic acids is 2. The second-order valence-corrected chi connectivity index (χ2v) is 8.81. The van der Waals surface area contributed by atoms with Gasteiger partial charge < -0.3 is 19.8 Å². The molecule has 0 unspecified atom stereocenters. The van der Waals surface area contributed by atoms with Crippen molar-refractivity contribution in [3.05, 3.63) is 52.8 Å². The summed E-state index contributed by atoms with van der Waals surface area (Å²) in [4.78, 5) is 26.3. The highest BCUT2D eigenvalue weighted by Gasteiger charge is 2.52. The molecule has 184 valence electrons. The Kier molecular flexibility index (Phi) is 8.82. The molecule has 2 aromatic rings. The van der Waals surface area contributed by atoms with Crippen LogP contribution in [-0.4, -0.2) is 57.3 Å². The quantitative estimate of drug-likeness (QED) is 0.267. The Morgan fingerprint density at radius 3 is 2.85 bits per heavy atom. The van der Waals surface area contributed by atoms with Crippen LogP contribution in [0.5, 0.6) is 0 Å². The number of aliphatic hydroxyl groups is 2. The van der Waals surface area contributed by atoms with Gasteiger partial charge in [0.05, 0.1) is 18.5 Å². The smallest absolute Gasteiger partial charge is 0.305 e. The molecule has 9 nitrogen and oxygen atoms in total. The van der Waals surface area contributed by atoms with Gasteiger partial charge in [0, 0.05) is 55.2 Å². The number of hydrogen-bond acceptors (Lipinski definition) is 7. The van der Waals surface area contributed by atoms with Crippen molar-refractivity contribution in [2.24, 2.45) is 5.92 Å². The van der Waals surface area contributed by atoms with Crippen LogP contribution < -0.4 is 4.90 Å². The molecule has 1 aromatic heterocycles. The summed E-state index contributed by atoms with van der Waals surface area (Å²) in [7, 11) is 1.35. The number of amides is 1. The van der Waals surface area contributed by atoms with Gasteiger partial charge in [-0.1, -0.05) is 35.9 Å². The van der Waals surface area contributed by atoms with Crippen LogP contribution in [-0.2, 0) is 32.9 Å². The zero-order chi connectivity index (χ0) is 24.7. The number of hydrogen-bond donors (Lipinski definition) is 2. The Hall–Kier alpha value is -2.75. The van der Waals surface area contributed by atoms with Crippen molar-refractivity contribution < 1.29 is 24.5 Å². The summed E-state index contributed by atoms with van der Waals surface area (Å²) in [5.41, 5.74) is 0.112. The van der Waals surface area contributed by atoms with E-state index in [1.165, 1.54) is 7.11 Å². The van der Waals surface area contributed by atoms with E-state index >= 15 is 0 Å². The number of aliphatic hydroxyl groups excluding tert-OH is 1. The fourth-order valence-corrected chi connectivity index (χ4v) is 4.28. The Bertz CT molecular complexity index is 1040. The zero-order valence-corrected chi connectivity index (χ0v) is 20.2. The first-order valence-corrected chi connectivity index (χ1v) is 11.8. The molecule has 0 saturated carbocycles. The zero-order valence-electron chi connectivity index (χ0n) is 19.5. The molecule has 0 aliphatic carbocycles. The predicted molar refractivity (Wildman–Crippen MR) is 127 cm³/mol. The number of benzene rings is 1. The van der Waals surface area contributed by atoms with Crippen molar-refractivity contribution in [3.63, 3.8) is 0 Å². The van der Waals surface area contributed by atoms with Crippen LogP contribution in [0, 0.1) is 5.92 Å². The number of unbranched alkanes of at least 4 members (excludes halogenated alkanes) is 1. The highest BCUT2D eigenvalue weighted by molar-refractivity contribution is 6.31. The minimum absolute atomic E-state index is 0.0243. The molecular weight excluding hydrogens is 460 g/mol. The first-order chi connectivity index (χ1) is 16.3. The number of aryl methyl sites for hydroxylation is 1. The van der Waals surface area contributed by atoms with E-state index in [9.17, 15) is 14.7 Å². The number of esters is 1. The number of aromatic nitrogens is 3. The highest BCUT2D eigenvalue weighted by Crippen LogP contribution is 2.46. The van der Waals surface area contributed by atoms with Crippen LogP contribution in [0.25, 0.3) is 0 Å². The number of halogens is 1. The summed E-state index contributed by atoms with van der Waals surface area (Å²) in [5, 5.41) is 29.1. The molecule has 0 radical (unpaired) electrons. The number of fused-ring (bicyclic) bond motifs is 1. The average Bonchev–Trinajstić information content (AvgIpc) is 3.36. The molecule has 0 saturated heterocycles. The van der Waals surface area contributed by atoms with Gasteiger partial charge >= 0.3 is 5.97 Å². The highest BCUT2D eigenvalue weighted by atomic mass is 35.5. The number of methoxy groups -OCH3 is 1. The second-order valence-electron chi connectivity index (χ2n) is 8.37. The third kappa shape index (κ3) is 5.65. The van der Waals surface area contributed by atoms with E-state index in [0.29, 0.717) is 55.0 Å². The van der Waals surface area contributed by atoms with E-state index in [2.05, 4.69) is 15.0 Å². The van der Waals surface area contributed by atoms with Crippen molar-refractivity contribution >= 4 is 29.2 Å². The number of carbonyl (C=O) groups is 2. The van der Waals surface area contributed by atoms with E-state index in [0.717, 1.165) is 5.69 Å². The summed E-state index contributed by atoms with van der Waals surface area (Å²) in [6, 6.07) is 5.09. The predicted octanol–water partition coefficient (Wildman–Crippen LogP) is 2.63. The molecule has 2 atom stereocenters. The van der Waals surface area contributed by atoms with Crippen molar-refractivity contribution in [1.82, 2.24) is 15.0 Å². The van der Waals surface area contributed by atoms with Gasteiger partial charge in [-0.05, 0) is 37.5 Å². The van der Waals surface area contributed by atoms with Crippen LogP contribution in [0.4, 0.5) is 5.69 Å². The summed E-state index contributed by atoms with van der Waals surface area (Å²) in [6.07, 6.45) is 8.08. The number of nitrogens with zero attached hydrogens (tertiary/aromatic N) is 4. The minimum atomic E-state index is -1.74. The standard InChI is InChI=1S/C24H31ClN4O5/c1-17(7-3-5-12-28-16-19(11-14-30)26-27-28)24(33)20-15-18(25)9-10-21(20)29(23(24)32)13-6-4-8-22(31)34-2/h3,7,9-10,15-17,30,33H,4-6,8,11-14H2,1-2H3/b7-3+/t17-,24+/m1/s1. The molecule has 0 bridgehead atoms. The summed E-state index contributed by atoms with van der Waals surface area (Å²) < 4.78 is 6.36. The van der Waals surface area contributed by atoms with Crippen LogP contribution >= 0.6 is 11.6 Å². The number of anilines is 1. The van der Waals surface area contributed by atoms with E-state index in [4.69, 9.17) is 16.7 Å². The Balaban J connectivity index is 1.68. The number of allylic oxidation sites excluding steroid dienone is 1. The molecule has 1 amide bonds. The second kappa shape index (κ2) is 11.6. The van der Waals surface area contributed by atoms with Crippen molar-refractivity contribution in [1.29, 1.82) is 0 Å². The molecule has 34 heavy (non-hydrogen) atoms. The largest absolute Gasteiger partial charge is 0.469 e. The molecule has 2 heterocycles. The van der Waals surface area contributed by atoms with E-state index in [1.807, 2.05) is 12.2 Å². The van der Waals surface area contributed by atoms with Crippen LogP contribution in [0.3, 0.4) is 0 Å². The van der Waals surface area contributed by atoms with Gasteiger partial charge in [-0.3, -0.25) is 14.3 Å². The molecular formula is C24H31ClN4O5. The Morgan fingerprint density at radius 2 is 2.12 bits per heavy atom. The minimum Gasteiger partial charge on any atom is -0.469 e. The lowest BCUT2D eigenvalue weighted by atomic mass is 9.83. The maximum absolute atomic E-state index is 13.4. The van der Waals surface area contributed by atoms with E-state index in [1.54, 1.807) is 40.9 Å². The lowest BCUT2D eigenvalue weighted by Gasteiger charge is -2.27. The molecule has 1 aliphatic heterocycles. The fourth-order valence-electron chi connectivity index (χ4n) is 4.11.